The van der Waals surface area contributed by atoms with Gasteiger partial charge in [-0.2, -0.15) is 0 Å². The Morgan fingerprint density at radius 3 is 2.58 bits per heavy atom. The van der Waals surface area contributed by atoms with E-state index in [1.807, 2.05) is 0 Å². The number of hydrazine groups is 1. The predicted molar refractivity (Wildman–Crippen MR) is 68.7 cm³/mol. The van der Waals surface area contributed by atoms with E-state index in [-0.39, 0.29) is 17.5 Å². The van der Waals surface area contributed by atoms with E-state index < -0.39 is 5.91 Å². The van der Waals surface area contributed by atoms with Crippen molar-refractivity contribution in [1.82, 2.24) is 20.8 Å². The van der Waals surface area contributed by atoms with Crippen LogP contribution in [0.2, 0.25) is 0 Å². The number of nitrogens with zero attached hydrogens (tertiary/aromatic N) is 2. The topological polar surface area (TPSA) is 84.0 Å². The lowest BCUT2D eigenvalue weighted by Gasteiger charge is -2.22. The molecule has 1 aliphatic rings. The highest BCUT2D eigenvalue weighted by Crippen LogP contribution is 2.26. The van der Waals surface area contributed by atoms with Gasteiger partial charge in [0.2, 0.25) is 5.91 Å². The van der Waals surface area contributed by atoms with Gasteiger partial charge in [-0.1, -0.05) is 12.2 Å². The summed E-state index contributed by atoms with van der Waals surface area (Å²) < 4.78 is 0. The molecule has 100 valence electrons. The van der Waals surface area contributed by atoms with Crippen molar-refractivity contribution in [2.24, 2.45) is 5.92 Å². The maximum absolute atomic E-state index is 11.8. The number of aromatic nitrogens is 2. The molecular weight excluding hydrogens is 244 g/mol. The quantitative estimate of drug-likeness (QED) is 0.613. The van der Waals surface area contributed by atoms with Crippen molar-refractivity contribution in [3.05, 3.63) is 36.4 Å². The van der Waals surface area contributed by atoms with Gasteiger partial charge in [0.25, 0.3) is 5.91 Å². The first kappa shape index (κ1) is 13.2. The second-order valence-electron chi connectivity index (χ2n) is 4.56. The first-order chi connectivity index (χ1) is 9.16. The highest BCUT2D eigenvalue weighted by Gasteiger charge is 2.22. The molecule has 0 atom stereocenters. The Morgan fingerprint density at radius 1 is 1.21 bits per heavy atom. The molecule has 0 spiro atoms. The van der Waals surface area contributed by atoms with Gasteiger partial charge in [0, 0.05) is 18.3 Å². The molecule has 0 radical (unpaired) electrons. The van der Waals surface area contributed by atoms with Crippen LogP contribution in [0.4, 0.5) is 0 Å². The Kier molecular flexibility index (Phi) is 4.22. The molecule has 2 N–H and O–H groups in total. The van der Waals surface area contributed by atoms with E-state index in [9.17, 15) is 9.59 Å². The van der Waals surface area contributed by atoms with Crippen molar-refractivity contribution in [3.8, 4) is 0 Å². The van der Waals surface area contributed by atoms with Gasteiger partial charge in [-0.15, -0.1) is 0 Å². The van der Waals surface area contributed by atoms with Gasteiger partial charge < -0.3 is 0 Å². The molecule has 0 aliphatic heterocycles. The number of rotatable bonds is 2. The van der Waals surface area contributed by atoms with Crippen molar-refractivity contribution >= 4 is 11.8 Å². The van der Waals surface area contributed by atoms with Crippen LogP contribution < -0.4 is 10.9 Å². The summed E-state index contributed by atoms with van der Waals surface area (Å²) in [6, 6.07) is 0. The molecule has 6 nitrogen and oxygen atoms in total. The molecule has 1 aromatic heterocycles. The van der Waals surface area contributed by atoms with E-state index in [4.69, 9.17) is 0 Å². The third-order valence-corrected chi connectivity index (χ3v) is 3.16. The van der Waals surface area contributed by atoms with Gasteiger partial charge in [0.15, 0.2) is 0 Å². The van der Waals surface area contributed by atoms with E-state index in [1.54, 1.807) is 0 Å². The molecule has 0 aromatic carbocycles. The number of amides is 2. The van der Waals surface area contributed by atoms with Gasteiger partial charge in [-0.3, -0.25) is 25.4 Å². The number of hydrogen-bond acceptors (Lipinski definition) is 4. The minimum absolute atomic E-state index is 0.0624. The summed E-state index contributed by atoms with van der Waals surface area (Å²) in [4.78, 5) is 31.1. The Bertz CT molecular complexity index is 477. The number of nitrogens with one attached hydrogen (secondary N) is 2. The normalized spacial score (nSPS) is 15.9. The fourth-order valence-electron chi connectivity index (χ4n) is 1.99. The minimum Gasteiger partial charge on any atom is -0.273 e. The van der Waals surface area contributed by atoms with Crippen LogP contribution in [-0.2, 0) is 4.79 Å². The molecule has 0 bridgehead atoms. The zero-order valence-electron chi connectivity index (χ0n) is 10.6. The molecule has 1 saturated carbocycles. The molecule has 6 heteroatoms. The van der Waals surface area contributed by atoms with E-state index in [2.05, 4.69) is 27.4 Å². The van der Waals surface area contributed by atoms with E-state index in [0.29, 0.717) is 0 Å². The van der Waals surface area contributed by atoms with Gasteiger partial charge in [-0.25, -0.2) is 4.98 Å². The summed E-state index contributed by atoms with van der Waals surface area (Å²) in [5, 5.41) is 0. The average Bonchev–Trinajstić information content (AvgIpc) is 2.46. The van der Waals surface area contributed by atoms with Crippen LogP contribution in [0.5, 0.6) is 0 Å². The number of allylic oxidation sites excluding steroid dienone is 1. The monoisotopic (exact) mass is 260 g/mol. The molecule has 1 heterocycles. The molecule has 2 rings (SSSR count). The van der Waals surface area contributed by atoms with E-state index in [1.165, 1.54) is 24.2 Å². The zero-order valence-corrected chi connectivity index (χ0v) is 10.6. The molecular formula is C13H16N4O2. The van der Waals surface area contributed by atoms with Crippen molar-refractivity contribution in [2.75, 3.05) is 0 Å². The van der Waals surface area contributed by atoms with Crippen LogP contribution in [0.1, 0.15) is 36.2 Å². The Balaban J connectivity index is 1.80. The van der Waals surface area contributed by atoms with Crippen LogP contribution in [0.25, 0.3) is 0 Å². The Labute approximate surface area is 111 Å². The number of carbonyl (C=O) groups excluding carboxylic acids is 2. The summed E-state index contributed by atoms with van der Waals surface area (Å²) in [6.07, 6.45) is 7.55. The largest absolute Gasteiger partial charge is 0.289 e. The molecule has 1 aliphatic carbocycles. The van der Waals surface area contributed by atoms with Gasteiger partial charge in [0.1, 0.15) is 5.69 Å². The third-order valence-electron chi connectivity index (χ3n) is 3.16. The molecule has 1 aromatic rings. The van der Waals surface area contributed by atoms with Gasteiger partial charge >= 0.3 is 0 Å². The predicted octanol–water partition coefficient (Wildman–Crippen LogP) is 0.984. The fraction of sp³-hybridized carbons (Fsp3) is 0.385. The van der Waals surface area contributed by atoms with Crippen LogP contribution in [-0.4, -0.2) is 21.8 Å². The minimum atomic E-state index is -0.471. The SMILES string of the molecule is C=C1CCC(C(=O)NNC(=O)c2cnccn2)CC1. The smallest absolute Gasteiger partial charge is 0.273 e. The Morgan fingerprint density at radius 2 is 1.95 bits per heavy atom. The van der Waals surface area contributed by atoms with Crippen LogP contribution in [0.3, 0.4) is 0 Å². The average molecular weight is 260 g/mol. The number of carbonyl (C=O) groups is 2. The molecule has 0 saturated heterocycles. The highest BCUT2D eigenvalue weighted by atomic mass is 16.2. The van der Waals surface area contributed by atoms with Crippen molar-refractivity contribution in [1.29, 1.82) is 0 Å². The van der Waals surface area contributed by atoms with Gasteiger partial charge in [0.05, 0.1) is 6.20 Å². The Hall–Kier alpha value is -2.24. The summed E-state index contributed by atoms with van der Waals surface area (Å²) in [7, 11) is 0. The second-order valence-corrected chi connectivity index (χ2v) is 4.56. The summed E-state index contributed by atoms with van der Waals surface area (Å²) in [5.74, 6) is -0.695. The summed E-state index contributed by atoms with van der Waals surface area (Å²) >= 11 is 0. The van der Waals surface area contributed by atoms with Crippen molar-refractivity contribution in [2.45, 2.75) is 25.7 Å². The first-order valence-electron chi connectivity index (χ1n) is 6.19. The standard InChI is InChI=1S/C13H16N4O2/c1-9-2-4-10(5-3-9)12(18)16-17-13(19)11-8-14-6-7-15-11/h6-8,10H,1-5H2,(H,16,18)(H,17,19). The van der Waals surface area contributed by atoms with E-state index >= 15 is 0 Å². The number of hydrogen-bond donors (Lipinski definition) is 2. The summed E-state index contributed by atoms with van der Waals surface area (Å²) in [5.41, 5.74) is 6.13. The molecule has 1 fully saturated rings. The first-order valence-corrected chi connectivity index (χ1v) is 6.19. The van der Waals surface area contributed by atoms with Crippen LogP contribution in [0, 0.1) is 5.92 Å². The van der Waals surface area contributed by atoms with Crippen LogP contribution >= 0.6 is 0 Å². The molecule has 2 amide bonds. The summed E-state index contributed by atoms with van der Waals surface area (Å²) in [6.45, 7) is 3.91. The fourth-order valence-corrected chi connectivity index (χ4v) is 1.99. The lowest BCUT2D eigenvalue weighted by Crippen LogP contribution is -2.45. The maximum Gasteiger partial charge on any atom is 0.289 e. The van der Waals surface area contributed by atoms with Crippen molar-refractivity contribution < 1.29 is 9.59 Å². The lowest BCUT2D eigenvalue weighted by molar-refractivity contribution is -0.126. The highest BCUT2D eigenvalue weighted by molar-refractivity contribution is 5.93. The van der Waals surface area contributed by atoms with Crippen molar-refractivity contribution in [3.63, 3.8) is 0 Å². The maximum atomic E-state index is 11.8. The lowest BCUT2D eigenvalue weighted by atomic mass is 9.86. The second kappa shape index (κ2) is 6.08. The third kappa shape index (κ3) is 3.61. The van der Waals surface area contributed by atoms with E-state index in [0.717, 1.165) is 25.7 Å². The van der Waals surface area contributed by atoms with Crippen LogP contribution in [0.15, 0.2) is 30.7 Å². The molecule has 0 unspecified atom stereocenters. The zero-order chi connectivity index (χ0) is 13.7. The molecule has 19 heavy (non-hydrogen) atoms. The van der Waals surface area contributed by atoms with Gasteiger partial charge in [-0.05, 0) is 25.7 Å².